The molecule has 1 N–H and O–H groups in total. The summed E-state index contributed by atoms with van der Waals surface area (Å²) >= 11 is 0. The molecular formula is C25H32N2O3. The van der Waals surface area contributed by atoms with Crippen LogP contribution >= 0.6 is 0 Å². The lowest BCUT2D eigenvalue weighted by Crippen LogP contribution is -2.16. The molecule has 1 aromatic carbocycles. The molecule has 4 rings (SSSR count). The third-order valence-corrected chi connectivity index (χ3v) is 6.27. The number of pyridine rings is 1. The normalized spacial score (nSPS) is 17.5. The van der Waals surface area contributed by atoms with Gasteiger partial charge in [-0.15, -0.1) is 0 Å². The van der Waals surface area contributed by atoms with Crippen molar-refractivity contribution in [3.8, 4) is 11.6 Å². The Balaban J connectivity index is 0.00000272. The number of carbonyl (C=O) groups excluding carboxylic acids is 1. The van der Waals surface area contributed by atoms with Crippen molar-refractivity contribution in [2.24, 2.45) is 5.92 Å². The fraction of sp³-hybridized carbons (Fsp3) is 0.480. The molecule has 1 atom stereocenters. The average molecular weight is 409 g/mol. The molecule has 2 aromatic rings. The number of ketones is 1. The van der Waals surface area contributed by atoms with E-state index in [0.717, 1.165) is 54.7 Å². The number of nitrogens with one attached hydrogen (secondary N) is 1. The molecule has 0 amide bonds. The van der Waals surface area contributed by atoms with Crippen molar-refractivity contribution in [3.63, 3.8) is 0 Å². The summed E-state index contributed by atoms with van der Waals surface area (Å²) in [5.41, 5.74) is 6.13. The fourth-order valence-electron chi connectivity index (χ4n) is 4.49. The van der Waals surface area contributed by atoms with Crippen LogP contribution in [-0.4, -0.2) is 30.2 Å². The van der Waals surface area contributed by atoms with E-state index in [1.54, 1.807) is 7.11 Å². The van der Waals surface area contributed by atoms with Gasteiger partial charge in [-0.3, -0.25) is 4.79 Å². The molecule has 0 saturated heterocycles. The van der Waals surface area contributed by atoms with Crippen molar-refractivity contribution in [3.05, 3.63) is 52.2 Å². The molecule has 160 valence electrons. The van der Waals surface area contributed by atoms with E-state index in [1.807, 2.05) is 26.0 Å². The van der Waals surface area contributed by atoms with E-state index in [1.165, 1.54) is 11.1 Å². The number of hydrogen-bond donors (Lipinski definition) is 1. The van der Waals surface area contributed by atoms with Gasteiger partial charge in [0, 0.05) is 31.1 Å². The van der Waals surface area contributed by atoms with E-state index in [-0.39, 0.29) is 19.7 Å². The van der Waals surface area contributed by atoms with Crippen LogP contribution in [0.5, 0.6) is 11.6 Å². The summed E-state index contributed by atoms with van der Waals surface area (Å²) in [6.07, 6.45) is 5.42. The smallest absolute Gasteiger partial charge is 0.214 e. The summed E-state index contributed by atoms with van der Waals surface area (Å²) in [6.45, 7) is 4.09. The number of benzene rings is 1. The molecule has 5 heteroatoms. The van der Waals surface area contributed by atoms with E-state index in [0.29, 0.717) is 23.9 Å². The highest BCUT2D eigenvalue weighted by molar-refractivity contribution is 6.03. The second-order valence-corrected chi connectivity index (χ2v) is 8.47. The first-order valence-corrected chi connectivity index (χ1v) is 10.9. The van der Waals surface area contributed by atoms with Gasteiger partial charge in [0.2, 0.25) is 5.88 Å². The third-order valence-electron chi connectivity index (χ3n) is 6.27. The molecule has 1 fully saturated rings. The predicted molar refractivity (Wildman–Crippen MR) is 119 cm³/mol. The molecule has 0 bridgehead atoms. The van der Waals surface area contributed by atoms with Crippen LogP contribution in [0.15, 0.2) is 24.3 Å². The predicted octanol–water partition coefficient (Wildman–Crippen LogP) is 5.05. The second-order valence-electron chi connectivity index (χ2n) is 8.47. The van der Waals surface area contributed by atoms with Gasteiger partial charge in [0.1, 0.15) is 12.4 Å². The van der Waals surface area contributed by atoms with Crippen LogP contribution in [0.1, 0.15) is 67.9 Å². The first-order valence-electron chi connectivity index (χ1n) is 10.9. The number of methoxy groups -OCH3 is 1. The van der Waals surface area contributed by atoms with Crippen LogP contribution in [0.2, 0.25) is 0 Å². The van der Waals surface area contributed by atoms with Gasteiger partial charge in [0.05, 0.1) is 12.8 Å². The highest BCUT2D eigenvalue weighted by Crippen LogP contribution is 2.37. The van der Waals surface area contributed by atoms with Gasteiger partial charge in [0.25, 0.3) is 0 Å². The lowest BCUT2D eigenvalue weighted by molar-refractivity contribution is -0.121. The quantitative estimate of drug-likeness (QED) is 0.589. The van der Waals surface area contributed by atoms with E-state index in [4.69, 9.17) is 14.9 Å². The number of carbonyl (C=O) groups is 1. The zero-order valence-electron chi connectivity index (χ0n) is 18.1. The van der Waals surface area contributed by atoms with Crippen molar-refractivity contribution < 1.29 is 15.7 Å². The summed E-state index contributed by atoms with van der Waals surface area (Å²) < 4.78 is 11.1. The number of ether oxygens (including phenoxy) is 2. The molecule has 1 saturated carbocycles. The van der Waals surface area contributed by atoms with E-state index in [9.17, 15) is 4.79 Å². The van der Waals surface area contributed by atoms with Gasteiger partial charge in [-0.05, 0) is 73.8 Å². The summed E-state index contributed by atoms with van der Waals surface area (Å²) in [6, 6.07) is 8.01. The van der Waals surface area contributed by atoms with Gasteiger partial charge in [-0.1, -0.05) is 13.0 Å². The number of aromatic nitrogens is 1. The molecule has 5 nitrogen and oxygen atoms in total. The molecule has 0 aliphatic heterocycles. The monoisotopic (exact) mass is 408 g/mol. The molecule has 0 unspecified atom stereocenters. The Kier molecular flexibility index (Phi) is 5.89. The lowest BCUT2D eigenvalue weighted by atomic mass is 9.96. The summed E-state index contributed by atoms with van der Waals surface area (Å²) in [5.74, 6) is 2.09. The number of rotatable bonds is 9. The van der Waals surface area contributed by atoms with Crippen LogP contribution in [0.25, 0.3) is 0 Å². The summed E-state index contributed by atoms with van der Waals surface area (Å²) in [7, 11) is 1.68. The highest BCUT2D eigenvalue weighted by Gasteiger charge is 2.30. The van der Waals surface area contributed by atoms with Crippen LogP contribution in [0.4, 0.5) is 0 Å². The second kappa shape index (κ2) is 8.58. The van der Waals surface area contributed by atoms with Crippen LogP contribution in [0, 0.1) is 18.3 Å². The topological polar surface area (TPSA) is 72.3 Å². The molecular weight excluding hydrogens is 376 g/mol. The number of nitrogens with zero attached hydrogens (tertiary/aromatic N) is 1. The molecule has 2 aliphatic carbocycles. The van der Waals surface area contributed by atoms with Crippen molar-refractivity contribution in [2.45, 2.75) is 58.3 Å². The first-order chi connectivity index (χ1) is 14.5. The number of Topliss-reactive ketones (excluding diaryl/α,β-unsaturated/α-hetero) is 1. The minimum atomic E-state index is 0. The zero-order chi connectivity index (χ0) is 21.3. The summed E-state index contributed by atoms with van der Waals surface area (Å²) in [4.78, 5) is 17.2. The SMILES string of the molecule is CCc1nc(OCC(=O)C[C@H]2CCc3cc(OC)ccc32)cc(C)c1C(=N)C1CC1.[HH]. The van der Waals surface area contributed by atoms with Crippen molar-refractivity contribution >= 4 is 11.5 Å². The van der Waals surface area contributed by atoms with Crippen molar-refractivity contribution in [2.75, 3.05) is 13.7 Å². The Labute approximate surface area is 179 Å². The van der Waals surface area contributed by atoms with Crippen molar-refractivity contribution in [1.82, 2.24) is 4.98 Å². The van der Waals surface area contributed by atoms with Gasteiger partial charge in [-0.25, -0.2) is 4.98 Å². The van der Waals surface area contributed by atoms with Gasteiger partial charge >= 0.3 is 0 Å². The standard InChI is InChI=1S/C25H30N2O3.H2/c1-4-22-24(25(26)16-5-6-16)15(2)11-23(27-22)30-14-19(28)12-17-7-8-18-13-20(29-3)9-10-21(17)18;/h9-11,13,16-17,26H,4-8,12,14H2,1-3H3;1H/t17-;/m1./s1. The number of hydrogen-bond acceptors (Lipinski definition) is 5. The van der Waals surface area contributed by atoms with Gasteiger partial charge in [-0.2, -0.15) is 0 Å². The van der Waals surface area contributed by atoms with Gasteiger partial charge in [0.15, 0.2) is 5.78 Å². The largest absolute Gasteiger partial charge is 0.497 e. The molecule has 0 radical (unpaired) electrons. The van der Waals surface area contributed by atoms with Crippen LogP contribution in [0.3, 0.4) is 0 Å². The van der Waals surface area contributed by atoms with Gasteiger partial charge < -0.3 is 14.9 Å². The maximum atomic E-state index is 12.6. The molecule has 1 heterocycles. The van der Waals surface area contributed by atoms with Crippen LogP contribution < -0.4 is 9.47 Å². The Bertz CT molecular complexity index is 985. The highest BCUT2D eigenvalue weighted by atomic mass is 16.5. The lowest BCUT2D eigenvalue weighted by Gasteiger charge is -2.15. The van der Waals surface area contributed by atoms with E-state index < -0.39 is 0 Å². The molecule has 0 spiro atoms. The first kappa shape index (κ1) is 20.6. The third kappa shape index (κ3) is 4.25. The number of fused-ring (bicyclic) bond motifs is 1. The summed E-state index contributed by atoms with van der Waals surface area (Å²) in [5, 5.41) is 8.44. The Morgan fingerprint density at radius 3 is 2.77 bits per heavy atom. The zero-order valence-corrected chi connectivity index (χ0v) is 18.1. The Morgan fingerprint density at radius 1 is 1.27 bits per heavy atom. The Morgan fingerprint density at radius 2 is 2.07 bits per heavy atom. The molecule has 2 aliphatic rings. The van der Waals surface area contributed by atoms with Crippen LogP contribution in [-0.2, 0) is 17.6 Å². The average Bonchev–Trinajstić information content (AvgIpc) is 3.53. The minimum absolute atomic E-state index is 0. The molecule has 1 aromatic heterocycles. The van der Waals surface area contributed by atoms with E-state index in [2.05, 4.69) is 17.1 Å². The fourth-order valence-corrected chi connectivity index (χ4v) is 4.49. The maximum absolute atomic E-state index is 12.6. The molecule has 30 heavy (non-hydrogen) atoms. The maximum Gasteiger partial charge on any atom is 0.214 e. The van der Waals surface area contributed by atoms with Crippen molar-refractivity contribution in [1.29, 1.82) is 5.41 Å². The minimum Gasteiger partial charge on any atom is -0.497 e. The van der Waals surface area contributed by atoms with E-state index >= 15 is 0 Å². The Hall–Kier alpha value is -2.69. The number of aryl methyl sites for hydroxylation is 3.